The highest BCUT2D eigenvalue weighted by Gasteiger charge is 2.77. The molecule has 7 fully saturated rings. The van der Waals surface area contributed by atoms with Crippen molar-refractivity contribution in [1.29, 1.82) is 0 Å². The van der Waals surface area contributed by atoms with E-state index in [4.69, 9.17) is 19.4 Å². The van der Waals surface area contributed by atoms with Gasteiger partial charge in [-0.15, -0.1) is 0 Å². The number of hydrogen-bond donors (Lipinski definition) is 4. The lowest BCUT2D eigenvalue weighted by atomic mass is 9.67. The number of aromatic amines is 2. The number of carbonyl (C=O) groups is 4. The summed E-state index contributed by atoms with van der Waals surface area (Å²) in [7, 11) is 2.58. The summed E-state index contributed by atoms with van der Waals surface area (Å²) in [6.45, 7) is 3.40. The van der Waals surface area contributed by atoms with Crippen LogP contribution >= 0.6 is 0 Å². The number of alkyl carbamates (subject to hydrolysis) is 2. The zero-order valence-corrected chi connectivity index (χ0v) is 31.4. The summed E-state index contributed by atoms with van der Waals surface area (Å²) in [4.78, 5) is 71.4. The second-order valence-electron chi connectivity index (χ2n) is 16.2. The fourth-order valence-electron chi connectivity index (χ4n) is 10.7. The van der Waals surface area contributed by atoms with Crippen LogP contribution in [0.25, 0.3) is 33.6 Å². The Kier molecular flexibility index (Phi) is 8.28. The van der Waals surface area contributed by atoms with Gasteiger partial charge < -0.3 is 39.9 Å². The van der Waals surface area contributed by atoms with Gasteiger partial charge in [-0.25, -0.2) is 19.6 Å². The van der Waals surface area contributed by atoms with Crippen molar-refractivity contribution in [2.75, 3.05) is 14.2 Å². The summed E-state index contributed by atoms with van der Waals surface area (Å²) in [6, 6.07) is 15.1. The number of benzene rings is 2. The SMILES string of the molecule is COC(=O)N[C@@H](C)C(=O)N1[C@@H]2CC[C@@H](C2)[C@H]1c1ncc(-c2ccc(-c3ccc(-c4cnc([C@H]5N(C(=O)[C@H](C)NC(=O)OC)C67CCC5(C6)C7)[nH]4)cc3)cc2)[nH]1. The predicted molar refractivity (Wildman–Crippen MR) is 201 cm³/mol. The third-order valence-corrected chi connectivity index (χ3v) is 13.1. The minimum absolute atomic E-state index is 0.0300. The molecule has 2 aromatic carbocycles. The van der Waals surface area contributed by atoms with Crippen molar-refractivity contribution < 1.29 is 28.7 Å². The maximum absolute atomic E-state index is 13.7. The first kappa shape index (κ1) is 35.1. The van der Waals surface area contributed by atoms with Gasteiger partial charge in [0.2, 0.25) is 11.8 Å². The van der Waals surface area contributed by atoms with Crippen LogP contribution in [0.5, 0.6) is 0 Å². The summed E-state index contributed by atoms with van der Waals surface area (Å²) in [6.07, 6.45) is 9.38. The lowest BCUT2D eigenvalue weighted by Crippen LogP contribution is -2.53. The number of methoxy groups -OCH3 is 2. The second kappa shape index (κ2) is 13.0. The molecule has 14 nitrogen and oxygen atoms in total. The smallest absolute Gasteiger partial charge is 0.407 e. The van der Waals surface area contributed by atoms with Crippen molar-refractivity contribution in [3.8, 4) is 33.6 Å². The van der Waals surface area contributed by atoms with Gasteiger partial charge in [-0.1, -0.05) is 48.5 Å². The number of carbonyl (C=O) groups excluding carboxylic acids is 4. The number of ether oxygens (including phenoxy) is 2. The molecule has 0 spiro atoms. The average molecular weight is 747 g/mol. The van der Waals surface area contributed by atoms with E-state index in [1.807, 2.05) is 22.2 Å². The van der Waals surface area contributed by atoms with Crippen LogP contribution in [0.15, 0.2) is 60.9 Å². The minimum Gasteiger partial charge on any atom is -0.453 e. The van der Waals surface area contributed by atoms with Crippen LogP contribution in [0.1, 0.15) is 82.5 Å². The van der Waals surface area contributed by atoms with E-state index in [0.717, 1.165) is 90.2 Å². The number of aromatic nitrogens is 4. The molecule has 4 saturated carbocycles. The molecular weight excluding hydrogens is 701 g/mol. The molecule has 4 aliphatic carbocycles. The predicted octanol–water partition coefficient (Wildman–Crippen LogP) is 5.87. The Morgan fingerprint density at radius 2 is 1.27 bits per heavy atom. The van der Waals surface area contributed by atoms with E-state index in [0.29, 0.717) is 5.92 Å². The Balaban J connectivity index is 0.883. The molecule has 3 saturated heterocycles. The maximum Gasteiger partial charge on any atom is 0.407 e. The van der Waals surface area contributed by atoms with Crippen LogP contribution in [-0.4, -0.2) is 91.6 Å². The molecular formula is C41H46N8O6. The molecule has 6 atom stereocenters. The van der Waals surface area contributed by atoms with E-state index in [9.17, 15) is 19.2 Å². The van der Waals surface area contributed by atoms with Crippen LogP contribution in [-0.2, 0) is 19.1 Å². The lowest BCUT2D eigenvalue weighted by Gasteiger charge is -2.39. The summed E-state index contributed by atoms with van der Waals surface area (Å²) >= 11 is 0. The highest BCUT2D eigenvalue weighted by atomic mass is 16.5. The topological polar surface area (TPSA) is 175 Å². The normalized spacial score (nSPS) is 28.1. The average Bonchev–Trinajstić information content (AvgIpc) is 4.06. The highest BCUT2D eigenvalue weighted by Crippen LogP contribution is 2.77. The van der Waals surface area contributed by atoms with Crippen molar-refractivity contribution in [2.24, 2.45) is 11.3 Å². The maximum atomic E-state index is 13.7. The fourth-order valence-corrected chi connectivity index (χ4v) is 10.7. The van der Waals surface area contributed by atoms with Crippen molar-refractivity contribution in [1.82, 2.24) is 40.4 Å². The van der Waals surface area contributed by atoms with E-state index in [1.54, 1.807) is 13.8 Å². The minimum atomic E-state index is -0.699. The number of hydrogen-bond acceptors (Lipinski definition) is 8. The molecule has 5 heterocycles. The van der Waals surface area contributed by atoms with Gasteiger partial charge in [-0.05, 0) is 87.0 Å². The van der Waals surface area contributed by atoms with Gasteiger partial charge >= 0.3 is 12.2 Å². The molecule has 7 aliphatic rings. The van der Waals surface area contributed by atoms with E-state index < -0.39 is 24.3 Å². The molecule has 55 heavy (non-hydrogen) atoms. The van der Waals surface area contributed by atoms with E-state index in [-0.39, 0.29) is 40.9 Å². The van der Waals surface area contributed by atoms with Crippen molar-refractivity contribution >= 4 is 24.0 Å². The van der Waals surface area contributed by atoms with Crippen LogP contribution in [0.3, 0.4) is 0 Å². The number of likely N-dealkylation sites (tertiary alicyclic amines) is 1. The molecule has 4 amide bonds. The van der Waals surface area contributed by atoms with Crippen LogP contribution in [0.4, 0.5) is 9.59 Å². The summed E-state index contributed by atoms with van der Waals surface area (Å²) in [5.74, 6) is 1.66. The van der Waals surface area contributed by atoms with E-state index in [1.165, 1.54) is 14.2 Å². The monoisotopic (exact) mass is 746 g/mol. The first-order chi connectivity index (χ1) is 26.5. The molecule has 4 N–H and O–H groups in total. The Hall–Kier alpha value is -5.66. The summed E-state index contributed by atoms with van der Waals surface area (Å²) in [5.41, 5.74) is 5.78. The van der Waals surface area contributed by atoms with Crippen molar-refractivity contribution in [3.63, 3.8) is 0 Å². The van der Waals surface area contributed by atoms with Gasteiger partial charge in [-0.3, -0.25) is 9.59 Å². The summed E-state index contributed by atoms with van der Waals surface area (Å²) in [5, 5.41) is 5.27. The number of piperidine rings is 2. The molecule has 11 rings (SSSR count). The first-order valence-electron chi connectivity index (χ1n) is 19.2. The molecule has 4 bridgehead atoms. The fraction of sp³-hybridized carbons (Fsp3) is 0.463. The number of nitrogens with zero attached hydrogens (tertiary/aromatic N) is 4. The van der Waals surface area contributed by atoms with Crippen molar-refractivity contribution in [2.45, 2.75) is 94.5 Å². The van der Waals surface area contributed by atoms with Crippen molar-refractivity contribution in [3.05, 3.63) is 72.6 Å². The largest absolute Gasteiger partial charge is 0.453 e. The Bertz CT molecular complexity index is 2150. The zero-order valence-electron chi connectivity index (χ0n) is 31.4. The van der Waals surface area contributed by atoms with Gasteiger partial charge in [0.25, 0.3) is 0 Å². The van der Waals surface area contributed by atoms with E-state index in [2.05, 4.69) is 69.1 Å². The lowest BCUT2D eigenvalue weighted by molar-refractivity contribution is -0.139. The van der Waals surface area contributed by atoms with E-state index >= 15 is 0 Å². The highest BCUT2D eigenvalue weighted by molar-refractivity contribution is 5.88. The molecule has 0 unspecified atom stereocenters. The van der Waals surface area contributed by atoms with Crippen LogP contribution < -0.4 is 10.6 Å². The van der Waals surface area contributed by atoms with Gasteiger partial charge in [0, 0.05) is 17.0 Å². The number of H-pyrrole nitrogens is 2. The molecule has 4 aromatic rings. The third kappa shape index (κ3) is 5.58. The molecule has 14 heteroatoms. The summed E-state index contributed by atoms with van der Waals surface area (Å²) < 4.78 is 9.45. The number of amides is 4. The Morgan fingerprint density at radius 1 is 0.745 bits per heavy atom. The number of nitrogens with one attached hydrogen (secondary N) is 4. The second-order valence-corrected chi connectivity index (χ2v) is 16.2. The number of imidazole rings is 2. The van der Waals surface area contributed by atoms with Crippen LogP contribution in [0, 0.1) is 11.3 Å². The first-order valence-corrected chi connectivity index (χ1v) is 19.2. The molecule has 286 valence electrons. The molecule has 2 aromatic heterocycles. The van der Waals surface area contributed by atoms with Gasteiger partial charge in [0.15, 0.2) is 0 Å². The Labute approximate surface area is 318 Å². The van der Waals surface area contributed by atoms with Crippen LogP contribution in [0.2, 0.25) is 0 Å². The quantitative estimate of drug-likeness (QED) is 0.165. The zero-order chi connectivity index (χ0) is 38.2. The number of rotatable bonds is 9. The standard InChI is InChI=1S/C41H46N8O6/c1-22(44-38(52)54-3)36(50)48-29-14-13-28(17-29)32(48)34-42-18-30(46-34)26-9-5-24(6-10-26)25-7-11-27(12-8-25)31-19-43-35(47-31)33-40-15-16-41(20-40,21-40)49(33)37(51)23(2)45-39(53)55-4/h5-12,18-19,22-23,28-29,32-33H,13-17,20-21H2,1-4H3,(H,42,46)(H,43,47)(H,44,52)(H,45,53)/t22-,23-,28-,29+,32-,33+,40?,41?/m0/s1. The molecule has 3 aliphatic heterocycles. The van der Waals surface area contributed by atoms with Gasteiger partial charge in [0.1, 0.15) is 23.7 Å². The third-order valence-electron chi connectivity index (χ3n) is 13.1. The molecule has 0 radical (unpaired) electrons. The van der Waals surface area contributed by atoms with Gasteiger partial charge in [-0.2, -0.15) is 0 Å². The number of fused-ring (bicyclic) bond motifs is 4. The van der Waals surface area contributed by atoms with Gasteiger partial charge in [0.05, 0.1) is 50.1 Å². The Morgan fingerprint density at radius 3 is 1.85 bits per heavy atom.